The third-order valence-corrected chi connectivity index (χ3v) is 6.33. The average Bonchev–Trinajstić information content (AvgIpc) is 3.40. The van der Waals surface area contributed by atoms with Crippen LogP contribution in [0, 0.1) is 19.8 Å². The van der Waals surface area contributed by atoms with E-state index in [2.05, 4.69) is 21.4 Å². The van der Waals surface area contributed by atoms with Crippen LogP contribution in [0.25, 0.3) is 22.3 Å². The van der Waals surface area contributed by atoms with E-state index in [4.69, 9.17) is 4.74 Å². The lowest BCUT2D eigenvalue weighted by molar-refractivity contribution is 0.150. The molecule has 7 heteroatoms. The molecular weight excluding hydrogens is 392 g/mol. The molecule has 1 aromatic carbocycles. The van der Waals surface area contributed by atoms with Gasteiger partial charge in [-0.2, -0.15) is 0 Å². The number of nitrogens with one attached hydrogen (secondary N) is 1. The second-order valence-corrected chi connectivity index (χ2v) is 8.89. The van der Waals surface area contributed by atoms with E-state index in [0.717, 1.165) is 41.8 Å². The Morgan fingerprint density at radius 2 is 2.03 bits per heavy atom. The Kier molecular flexibility index (Phi) is 5.14. The zero-order valence-electron chi connectivity index (χ0n) is 18.0. The minimum Gasteiger partial charge on any atom is -0.493 e. The molecule has 2 heterocycles. The summed E-state index contributed by atoms with van der Waals surface area (Å²) in [6.45, 7) is 4.62. The van der Waals surface area contributed by atoms with Crippen molar-refractivity contribution in [3.8, 4) is 17.0 Å². The summed E-state index contributed by atoms with van der Waals surface area (Å²) in [5.74, 6) is 1.41. The van der Waals surface area contributed by atoms with Gasteiger partial charge in [0.1, 0.15) is 23.3 Å². The molecule has 2 N–H and O–H groups in total. The fourth-order valence-electron chi connectivity index (χ4n) is 4.39. The molecule has 0 saturated heterocycles. The number of amides is 1. The van der Waals surface area contributed by atoms with Crippen LogP contribution in [0.1, 0.15) is 43.4 Å². The van der Waals surface area contributed by atoms with Crippen molar-refractivity contribution in [1.29, 1.82) is 0 Å². The first kappa shape index (κ1) is 20.0. The van der Waals surface area contributed by atoms with Gasteiger partial charge in [0.15, 0.2) is 0 Å². The molecule has 2 saturated carbocycles. The highest BCUT2D eigenvalue weighted by molar-refractivity contribution is 5.99. The average molecular weight is 421 g/mol. The number of ether oxygens (including phenoxy) is 1. The Morgan fingerprint density at radius 1 is 1.19 bits per heavy atom. The first-order valence-electron chi connectivity index (χ1n) is 11.1. The molecule has 2 atom stereocenters. The van der Waals surface area contributed by atoms with Gasteiger partial charge in [0, 0.05) is 11.3 Å². The molecule has 0 unspecified atom stereocenters. The Morgan fingerprint density at radius 3 is 2.77 bits per heavy atom. The smallest absolute Gasteiger partial charge is 0.326 e. The van der Waals surface area contributed by atoms with Crippen molar-refractivity contribution >= 4 is 17.1 Å². The molecule has 0 aliphatic heterocycles. The number of aliphatic hydroxyl groups excluding tert-OH is 1. The predicted octanol–water partition coefficient (Wildman–Crippen LogP) is 3.98. The third kappa shape index (κ3) is 3.90. The molecule has 5 rings (SSSR count). The van der Waals surface area contributed by atoms with Crippen molar-refractivity contribution in [3.05, 3.63) is 41.9 Å². The molecular formula is C24H28N4O3. The Bertz CT molecular complexity index is 1140. The van der Waals surface area contributed by atoms with E-state index >= 15 is 0 Å². The fraction of sp³-hybridized carbons (Fsp3) is 0.458. The monoisotopic (exact) mass is 420 g/mol. The Hall–Kier alpha value is -2.93. The highest BCUT2D eigenvalue weighted by atomic mass is 16.5. The Balaban J connectivity index is 1.59. The molecule has 2 aliphatic carbocycles. The van der Waals surface area contributed by atoms with Gasteiger partial charge in [0.2, 0.25) is 0 Å². The second kappa shape index (κ2) is 7.96. The van der Waals surface area contributed by atoms with Gasteiger partial charge in [-0.1, -0.05) is 11.6 Å². The van der Waals surface area contributed by atoms with Gasteiger partial charge in [-0.3, -0.25) is 4.57 Å². The van der Waals surface area contributed by atoms with Crippen LogP contribution in [0.15, 0.2) is 30.6 Å². The molecule has 1 amide bonds. The number of benzene rings is 1. The van der Waals surface area contributed by atoms with Crippen LogP contribution in [-0.2, 0) is 0 Å². The number of aromatic nitrogens is 3. The summed E-state index contributed by atoms with van der Waals surface area (Å²) in [5.41, 5.74) is 4.77. The number of hydrogen-bond acceptors (Lipinski definition) is 5. The van der Waals surface area contributed by atoms with Crippen LogP contribution in [0.4, 0.5) is 4.79 Å². The van der Waals surface area contributed by atoms with Gasteiger partial charge >= 0.3 is 6.03 Å². The second-order valence-electron chi connectivity index (χ2n) is 8.89. The fourth-order valence-corrected chi connectivity index (χ4v) is 4.39. The van der Waals surface area contributed by atoms with Gasteiger partial charge in [0.05, 0.1) is 24.3 Å². The lowest BCUT2D eigenvalue weighted by Crippen LogP contribution is -2.42. The molecule has 0 spiro atoms. The molecule has 2 aromatic heterocycles. The van der Waals surface area contributed by atoms with E-state index in [9.17, 15) is 9.90 Å². The number of fused-ring (bicyclic) bond motifs is 1. The standard InChI is InChI=1S/C24H28N4O3/c1-14-6-9-21(31-12-16-7-8-16)17(10-14)22-23-19(25-13-26-22)11-15(2)28(23)24(30)27-18-4-3-5-20(18)29/h6,9-11,13,16,18,20,29H,3-5,7-8,12H2,1-2H3,(H,27,30)/t18-,20-/m1/s1. The van der Waals surface area contributed by atoms with Gasteiger partial charge in [-0.15, -0.1) is 0 Å². The molecule has 7 nitrogen and oxygen atoms in total. The molecule has 0 bridgehead atoms. The number of aryl methyl sites for hydroxylation is 2. The largest absolute Gasteiger partial charge is 0.493 e. The van der Waals surface area contributed by atoms with E-state index in [-0.39, 0.29) is 12.1 Å². The molecule has 0 radical (unpaired) electrons. The highest BCUT2D eigenvalue weighted by Crippen LogP contribution is 2.37. The van der Waals surface area contributed by atoms with E-state index in [1.165, 1.54) is 19.2 Å². The van der Waals surface area contributed by atoms with Crippen molar-refractivity contribution < 1.29 is 14.6 Å². The first-order chi connectivity index (χ1) is 15.0. The van der Waals surface area contributed by atoms with Crippen LogP contribution in [0.5, 0.6) is 5.75 Å². The quantitative estimate of drug-likeness (QED) is 0.652. The molecule has 31 heavy (non-hydrogen) atoms. The first-order valence-corrected chi connectivity index (χ1v) is 11.1. The summed E-state index contributed by atoms with van der Waals surface area (Å²) in [7, 11) is 0. The minimum atomic E-state index is -0.499. The Labute approximate surface area is 181 Å². The minimum absolute atomic E-state index is 0.228. The normalized spacial score (nSPS) is 20.9. The maximum Gasteiger partial charge on any atom is 0.326 e. The number of rotatable bonds is 5. The van der Waals surface area contributed by atoms with Crippen molar-refractivity contribution in [2.45, 2.75) is 58.1 Å². The predicted molar refractivity (Wildman–Crippen MR) is 118 cm³/mol. The molecule has 2 fully saturated rings. The van der Waals surface area contributed by atoms with Crippen molar-refractivity contribution in [2.24, 2.45) is 5.92 Å². The maximum absolute atomic E-state index is 13.3. The van der Waals surface area contributed by atoms with Crippen LogP contribution in [-0.4, -0.2) is 44.4 Å². The van der Waals surface area contributed by atoms with E-state index in [1.54, 1.807) is 4.57 Å². The van der Waals surface area contributed by atoms with E-state index < -0.39 is 6.10 Å². The van der Waals surface area contributed by atoms with Crippen LogP contribution >= 0.6 is 0 Å². The summed E-state index contributed by atoms with van der Waals surface area (Å²) in [6.07, 6.45) is 5.88. The molecule has 2 aliphatic rings. The van der Waals surface area contributed by atoms with Crippen LogP contribution < -0.4 is 10.1 Å². The third-order valence-electron chi connectivity index (χ3n) is 6.33. The maximum atomic E-state index is 13.3. The van der Waals surface area contributed by atoms with E-state index in [0.29, 0.717) is 29.3 Å². The zero-order chi connectivity index (χ0) is 21.5. The summed E-state index contributed by atoms with van der Waals surface area (Å²) in [4.78, 5) is 22.3. The van der Waals surface area contributed by atoms with Gasteiger partial charge in [0.25, 0.3) is 0 Å². The van der Waals surface area contributed by atoms with Crippen molar-refractivity contribution in [2.75, 3.05) is 6.61 Å². The lowest BCUT2D eigenvalue weighted by Gasteiger charge is -2.19. The number of nitrogens with zero attached hydrogens (tertiary/aromatic N) is 3. The van der Waals surface area contributed by atoms with Crippen molar-refractivity contribution in [3.63, 3.8) is 0 Å². The lowest BCUT2D eigenvalue weighted by atomic mass is 10.1. The number of aliphatic hydroxyl groups is 1. The van der Waals surface area contributed by atoms with Gasteiger partial charge in [-0.25, -0.2) is 14.8 Å². The molecule has 3 aromatic rings. The summed E-state index contributed by atoms with van der Waals surface area (Å²) in [6, 6.07) is 7.47. The SMILES string of the molecule is Cc1ccc(OCC2CC2)c(-c2ncnc3cc(C)n(C(=O)N[C@@H]4CCC[C@H]4O)c23)c1. The topological polar surface area (TPSA) is 89.3 Å². The summed E-state index contributed by atoms with van der Waals surface area (Å²) in [5, 5.41) is 13.2. The van der Waals surface area contributed by atoms with E-state index in [1.807, 2.05) is 32.0 Å². The summed E-state index contributed by atoms with van der Waals surface area (Å²) < 4.78 is 7.77. The highest BCUT2D eigenvalue weighted by Gasteiger charge is 2.29. The van der Waals surface area contributed by atoms with Crippen LogP contribution in [0.2, 0.25) is 0 Å². The number of carbonyl (C=O) groups is 1. The number of hydrogen-bond donors (Lipinski definition) is 2. The van der Waals surface area contributed by atoms with Crippen LogP contribution in [0.3, 0.4) is 0 Å². The van der Waals surface area contributed by atoms with Crippen molar-refractivity contribution in [1.82, 2.24) is 19.9 Å². The zero-order valence-corrected chi connectivity index (χ0v) is 18.0. The number of carbonyl (C=O) groups excluding carboxylic acids is 1. The summed E-state index contributed by atoms with van der Waals surface area (Å²) >= 11 is 0. The van der Waals surface area contributed by atoms with Gasteiger partial charge < -0.3 is 15.2 Å². The van der Waals surface area contributed by atoms with Gasteiger partial charge in [-0.05, 0) is 70.1 Å². The molecule has 162 valence electrons.